The Bertz CT molecular complexity index is 454. The van der Waals surface area contributed by atoms with Gasteiger partial charge in [0.25, 0.3) is 0 Å². The molecule has 1 aromatic rings. The van der Waals surface area contributed by atoms with Crippen LogP contribution in [-0.2, 0) is 0 Å². The minimum absolute atomic E-state index is 0.393. The fourth-order valence-corrected chi connectivity index (χ4v) is 3.58. The SMILES string of the molecule is COc1ccc2c(c1)C(NC(C)C1CCCC1)CCO2. The summed E-state index contributed by atoms with van der Waals surface area (Å²) in [4.78, 5) is 0. The third-order valence-electron chi connectivity index (χ3n) is 4.83. The van der Waals surface area contributed by atoms with Gasteiger partial charge in [-0.25, -0.2) is 0 Å². The van der Waals surface area contributed by atoms with Crippen molar-refractivity contribution in [1.82, 2.24) is 5.32 Å². The first kappa shape index (κ1) is 13.7. The minimum atomic E-state index is 0.393. The highest BCUT2D eigenvalue weighted by atomic mass is 16.5. The fraction of sp³-hybridized carbons (Fsp3) is 0.647. The molecular formula is C17H25NO2. The van der Waals surface area contributed by atoms with E-state index < -0.39 is 0 Å². The first-order chi connectivity index (χ1) is 9.78. The predicted octanol–water partition coefficient (Wildman–Crippen LogP) is 3.69. The summed E-state index contributed by atoms with van der Waals surface area (Å²) in [5, 5.41) is 3.83. The Morgan fingerprint density at radius 2 is 2.05 bits per heavy atom. The maximum absolute atomic E-state index is 5.76. The Morgan fingerprint density at radius 1 is 1.25 bits per heavy atom. The molecule has 20 heavy (non-hydrogen) atoms. The molecule has 0 radical (unpaired) electrons. The summed E-state index contributed by atoms with van der Waals surface area (Å²) in [5.41, 5.74) is 1.25. The average Bonchev–Trinajstić information content (AvgIpc) is 3.01. The van der Waals surface area contributed by atoms with Crippen molar-refractivity contribution in [3.63, 3.8) is 0 Å². The van der Waals surface area contributed by atoms with Gasteiger partial charge in [-0.2, -0.15) is 0 Å². The van der Waals surface area contributed by atoms with E-state index in [0.29, 0.717) is 12.1 Å². The molecule has 1 heterocycles. The number of nitrogens with one attached hydrogen (secondary N) is 1. The van der Waals surface area contributed by atoms with Crippen molar-refractivity contribution in [3.05, 3.63) is 23.8 Å². The first-order valence-electron chi connectivity index (χ1n) is 7.84. The largest absolute Gasteiger partial charge is 0.497 e. The molecule has 1 fully saturated rings. The van der Waals surface area contributed by atoms with Crippen LogP contribution in [0.5, 0.6) is 11.5 Å². The maximum Gasteiger partial charge on any atom is 0.124 e. The Labute approximate surface area is 121 Å². The minimum Gasteiger partial charge on any atom is -0.497 e. The molecular weight excluding hydrogens is 250 g/mol. The highest BCUT2D eigenvalue weighted by molar-refractivity contribution is 5.43. The van der Waals surface area contributed by atoms with Gasteiger partial charge < -0.3 is 14.8 Å². The van der Waals surface area contributed by atoms with E-state index in [4.69, 9.17) is 9.47 Å². The first-order valence-corrected chi connectivity index (χ1v) is 7.84. The molecule has 1 aliphatic carbocycles. The summed E-state index contributed by atoms with van der Waals surface area (Å²) in [6.07, 6.45) is 6.59. The van der Waals surface area contributed by atoms with Crippen LogP contribution in [0.4, 0.5) is 0 Å². The highest BCUT2D eigenvalue weighted by Gasteiger charge is 2.27. The number of fused-ring (bicyclic) bond motifs is 1. The molecule has 0 saturated heterocycles. The van der Waals surface area contributed by atoms with Gasteiger partial charge in [0.15, 0.2) is 0 Å². The standard InChI is InChI=1S/C17H25NO2/c1-12(13-5-3-4-6-13)18-16-9-10-20-17-8-7-14(19-2)11-15(16)17/h7-8,11-13,16,18H,3-6,9-10H2,1-2H3. The van der Waals surface area contributed by atoms with Gasteiger partial charge >= 0.3 is 0 Å². The quantitative estimate of drug-likeness (QED) is 0.909. The van der Waals surface area contributed by atoms with Gasteiger partial charge in [-0.05, 0) is 43.9 Å². The molecule has 3 nitrogen and oxygen atoms in total. The van der Waals surface area contributed by atoms with Crippen molar-refractivity contribution in [1.29, 1.82) is 0 Å². The molecule has 1 N–H and O–H groups in total. The van der Waals surface area contributed by atoms with Gasteiger partial charge in [0, 0.05) is 24.1 Å². The van der Waals surface area contributed by atoms with E-state index >= 15 is 0 Å². The lowest BCUT2D eigenvalue weighted by Crippen LogP contribution is -2.37. The van der Waals surface area contributed by atoms with Crippen LogP contribution in [0.3, 0.4) is 0 Å². The van der Waals surface area contributed by atoms with Crippen molar-refractivity contribution >= 4 is 0 Å². The van der Waals surface area contributed by atoms with Gasteiger partial charge in [-0.1, -0.05) is 12.8 Å². The van der Waals surface area contributed by atoms with Crippen LogP contribution < -0.4 is 14.8 Å². The van der Waals surface area contributed by atoms with E-state index in [1.54, 1.807) is 7.11 Å². The second-order valence-corrected chi connectivity index (χ2v) is 6.09. The molecule has 0 bridgehead atoms. The Balaban J connectivity index is 1.74. The van der Waals surface area contributed by atoms with E-state index in [2.05, 4.69) is 18.3 Å². The third-order valence-corrected chi connectivity index (χ3v) is 4.83. The fourth-order valence-electron chi connectivity index (χ4n) is 3.58. The molecule has 3 heteroatoms. The summed E-state index contributed by atoms with van der Waals surface area (Å²) in [6.45, 7) is 3.14. The van der Waals surface area contributed by atoms with Crippen molar-refractivity contribution in [3.8, 4) is 11.5 Å². The van der Waals surface area contributed by atoms with Crippen molar-refractivity contribution in [2.24, 2.45) is 5.92 Å². The molecule has 2 aliphatic rings. The van der Waals surface area contributed by atoms with Crippen LogP contribution in [0.25, 0.3) is 0 Å². The van der Waals surface area contributed by atoms with Crippen LogP contribution in [0.1, 0.15) is 50.6 Å². The van der Waals surface area contributed by atoms with E-state index in [1.165, 1.54) is 31.2 Å². The Morgan fingerprint density at radius 3 is 2.80 bits per heavy atom. The highest BCUT2D eigenvalue weighted by Crippen LogP contribution is 2.36. The number of hydrogen-bond acceptors (Lipinski definition) is 3. The van der Waals surface area contributed by atoms with Crippen molar-refractivity contribution in [2.75, 3.05) is 13.7 Å². The molecule has 3 rings (SSSR count). The second kappa shape index (κ2) is 6.04. The predicted molar refractivity (Wildman–Crippen MR) is 80.4 cm³/mol. The lowest BCUT2D eigenvalue weighted by molar-refractivity contribution is 0.232. The Hall–Kier alpha value is -1.22. The molecule has 1 aliphatic heterocycles. The number of benzene rings is 1. The topological polar surface area (TPSA) is 30.5 Å². The average molecular weight is 275 g/mol. The van der Waals surface area contributed by atoms with Crippen LogP contribution in [0.2, 0.25) is 0 Å². The van der Waals surface area contributed by atoms with E-state index in [-0.39, 0.29) is 0 Å². The van der Waals surface area contributed by atoms with Crippen LogP contribution >= 0.6 is 0 Å². The molecule has 2 atom stereocenters. The van der Waals surface area contributed by atoms with Gasteiger partial charge in [0.2, 0.25) is 0 Å². The summed E-state index contributed by atoms with van der Waals surface area (Å²) in [6, 6.07) is 7.10. The van der Waals surface area contributed by atoms with Crippen molar-refractivity contribution < 1.29 is 9.47 Å². The smallest absolute Gasteiger partial charge is 0.124 e. The summed E-state index contributed by atoms with van der Waals surface area (Å²) in [7, 11) is 1.72. The molecule has 0 spiro atoms. The van der Waals surface area contributed by atoms with Crippen LogP contribution in [0, 0.1) is 5.92 Å². The monoisotopic (exact) mass is 275 g/mol. The van der Waals surface area contributed by atoms with E-state index in [0.717, 1.165) is 30.4 Å². The molecule has 0 aromatic heterocycles. The summed E-state index contributed by atoms with van der Waals surface area (Å²) in [5.74, 6) is 2.76. The zero-order valence-electron chi connectivity index (χ0n) is 12.5. The van der Waals surface area contributed by atoms with Gasteiger partial charge in [-0.3, -0.25) is 0 Å². The Kier molecular flexibility index (Phi) is 4.16. The molecule has 110 valence electrons. The molecule has 1 saturated carbocycles. The number of methoxy groups -OCH3 is 1. The summed E-state index contributed by atoms with van der Waals surface area (Å²) >= 11 is 0. The van der Waals surface area contributed by atoms with Crippen LogP contribution in [-0.4, -0.2) is 19.8 Å². The summed E-state index contributed by atoms with van der Waals surface area (Å²) < 4.78 is 11.1. The number of hydrogen-bond donors (Lipinski definition) is 1. The van der Waals surface area contributed by atoms with Crippen molar-refractivity contribution in [2.45, 2.75) is 51.1 Å². The second-order valence-electron chi connectivity index (χ2n) is 6.09. The van der Waals surface area contributed by atoms with Gasteiger partial charge in [0.1, 0.15) is 11.5 Å². The van der Waals surface area contributed by atoms with Gasteiger partial charge in [-0.15, -0.1) is 0 Å². The molecule has 2 unspecified atom stereocenters. The zero-order valence-corrected chi connectivity index (χ0v) is 12.5. The van der Waals surface area contributed by atoms with E-state index in [1.807, 2.05) is 12.1 Å². The lowest BCUT2D eigenvalue weighted by atomic mass is 9.95. The van der Waals surface area contributed by atoms with E-state index in [9.17, 15) is 0 Å². The zero-order chi connectivity index (χ0) is 13.9. The third kappa shape index (κ3) is 2.78. The van der Waals surface area contributed by atoms with Crippen LogP contribution in [0.15, 0.2) is 18.2 Å². The van der Waals surface area contributed by atoms with Gasteiger partial charge in [0.05, 0.1) is 13.7 Å². The normalized spacial score (nSPS) is 24.0. The maximum atomic E-state index is 5.76. The molecule has 1 aromatic carbocycles. The lowest BCUT2D eigenvalue weighted by Gasteiger charge is -2.31. The number of rotatable bonds is 4. The number of ether oxygens (including phenoxy) is 2. The molecule has 0 amide bonds.